The van der Waals surface area contributed by atoms with Gasteiger partial charge in [-0.1, -0.05) is 18.3 Å². The molecule has 0 aliphatic rings. The first-order chi connectivity index (χ1) is 9.60. The van der Waals surface area contributed by atoms with Gasteiger partial charge < -0.3 is 10.6 Å². The number of nitrogens with two attached hydrogens (primary N) is 1. The number of hydrogen-bond acceptors (Lipinski definition) is 4. The standard InChI is InChI=1S/C15H18N4S/c1-3-19(10-13-6-4-5-7-17-13)14-9-12(15(16)20)8-11(2)18-14/h4-9H,3,10H2,1-2H3,(H2,16,20). The molecule has 0 unspecified atom stereocenters. The summed E-state index contributed by atoms with van der Waals surface area (Å²) in [7, 11) is 0. The first kappa shape index (κ1) is 14.4. The minimum absolute atomic E-state index is 0.394. The van der Waals surface area contributed by atoms with Crippen molar-refractivity contribution < 1.29 is 0 Å². The van der Waals surface area contributed by atoms with E-state index in [1.807, 2.05) is 37.3 Å². The molecular formula is C15H18N4S. The van der Waals surface area contributed by atoms with Crippen LogP contribution in [0.2, 0.25) is 0 Å². The van der Waals surface area contributed by atoms with Crippen LogP contribution in [0.4, 0.5) is 5.82 Å². The van der Waals surface area contributed by atoms with E-state index in [4.69, 9.17) is 18.0 Å². The third kappa shape index (κ3) is 3.51. The molecule has 4 nitrogen and oxygen atoms in total. The van der Waals surface area contributed by atoms with E-state index in [2.05, 4.69) is 21.8 Å². The number of aryl methyl sites for hydroxylation is 1. The van der Waals surface area contributed by atoms with Crippen LogP contribution in [-0.4, -0.2) is 21.5 Å². The van der Waals surface area contributed by atoms with Gasteiger partial charge in [-0.25, -0.2) is 4.98 Å². The molecular weight excluding hydrogens is 268 g/mol. The maximum Gasteiger partial charge on any atom is 0.129 e. The second kappa shape index (κ2) is 6.43. The molecule has 0 saturated carbocycles. The zero-order chi connectivity index (χ0) is 14.5. The molecule has 0 saturated heterocycles. The highest BCUT2D eigenvalue weighted by atomic mass is 32.1. The van der Waals surface area contributed by atoms with Crippen molar-refractivity contribution in [1.29, 1.82) is 0 Å². The summed E-state index contributed by atoms with van der Waals surface area (Å²) < 4.78 is 0. The zero-order valence-electron chi connectivity index (χ0n) is 11.7. The van der Waals surface area contributed by atoms with Crippen LogP contribution in [0, 0.1) is 6.92 Å². The average Bonchev–Trinajstić information content (AvgIpc) is 2.45. The Hall–Kier alpha value is -2.01. The highest BCUT2D eigenvalue weighted by Gasteiger charge is 2.10. The summed E-state index contributed by atoms with van der Waals surface area (Å²) in [4.78, 5) is 11.5. The molecule has 104 valence electrons. The third-order valence-corrected chi connectivity index (χ3v) is 3.24. The Morgan fingerprint density at radius 1 is 1.35 bits per heavy atom. The summed E-state index contributed by atoms with van der Waals surface area (Å²) in [6.45, 7) is 5.58. The van der Waals surface area contributed by atoms with Crippen LogP contribution in [0.25, 0.3) is 0 Å². The van der Waals surface area contributed by atoms with Gasteiger partial charge in [0, 0.05) is 24.0 Å². The molecule has 0 fully saturated rings. The number of rotatable bonds is 5. The molecule has 0 aliphatic carbocycles. The smallest absolute Gasteiger partial charge is 0.129 e. The maximum atomic E-state index is 5.72. The Kier molecular flexibility index (Phi) is 4.63. The Labute approximate surface area is 124 Å². The van der Waals surface area contributed by atoms with E-state index in [0.717, 1.165) is 29.3 Å². The lowest BCUT2D eigenvalue weighted by Crippen LogP contribution is -2.24. The lowest BCUT2D eigenvalue weighted by Gasteiger charge is -2.22. The van der Waals surface area contributed by atoms with Gasteiger partial charge in [0.1, 0.15) is 10.8 Å². The molecule has 2 aromatic heterocycles. The molecule has 0 aromatic carbocycles. The molecule has 2 aromatic rings. The summed E-state index contributed by atoms with van der Waals surface area (Å²) in [6, 6.07) is 9.74. The number of hydrogen-bond donors (Lipinski definition) is 1. The number of thiocarbonyl (C=S) groups is 1. The Balaban J connectivity index is 2.29. The fourth-order valence-corrected chi connectivity index (χ4v) is 2.12. The largest absolute Gasteiger partial charge is 0.389 e. The van der Waals surface area contributed by atoms with Gasteiger partial charge in [0.15, 0.2) is 0 Å². The van der Waals surface area contributed by atoms with Crippen molar-refractivity contribution in [2.75, 3.05) is 11.4 Å². The lowest BCUT2D eigenvalue weighted by atomic mass is 10.2. The van der Waals surface area contributed by atoms with E-state index < -0.39 is 0 Å². The highest BCUT2D eigenvalue weighted by molar-refractivity contribution is 7.80. The third-order valence-electron chi connectivity index (χ3n) is 3.01. The first-order valence-electron chi connectivity index (χ1n) is 6.53. The van der Waals surface area contributed by atoms with Crippen molar-refractivity contribution in [3.8, 4) is 0 Å². The highest BCUT2D eigenvalue weighted by Crippen LogP contribution is 2.17. The van der Waals surface area contributed by atoms with Crippen molar-refractivity contribution >= 4 is 23.0 Å². The number of anilines is 1. The number of nitrogens with zero attached hydrogens (tertiary/aromatic N) is 3. The molecule has 0 bridgehead atoms. The normalized spacial score (nSPS) is 10.3. The lowest BCUT2D eigenvalue weighted by molar-refractivity contribution is 0.791. The van der Waals surface area contributed by atoms with Crippen molar-refractivity contribution in [2.24, 2.45) is 5.73 Å². The van der Waals surface area contributed by atoms with Crippen LogP contribution in [-0.2, 0) is 6.54 Å². The fraction of sp³-hybridized carbons (Fsp3) is 0.267. The molecule has 5 heteroatoms. The van der Waals surface area contributed by atoms with Gasteiger partial charge in [-0.3, -0.25) is 4.98 Å². The van der Waals surface area contributed by atoms with Gasteiger partial charge >= 0.3 is 0 Å². The average molecular weight is 286 g/mol. The minimum Gasteiger partial charge on any atom is -0.389 e. The monoisotopic (exact) mass is 286 g/mol. The molecule has 2 heterocycles. The Bertz CT molecular complexity index is 598. The van der Waals surface area contributed by atoms with Crippen molar-refractivity contribution in [1.82, 2.24) is 9.97 Å². The quantitative estimate of drug-likeness (QED) is 0.856. The minimum atomic E-state index is 0.394. The SMILES string of the molecule is CCN(Cc1ccccn1)c1cc(C(N)=S)cc(C)n1. The van der Waals surface area contributed by atoms with E-state index in [-0.39, 0.29) is 0 Å². The van der Waals surface area contributed by atoms with E-state index in [1.165, 1.54) is 0 Å². The van der Waals surface area contributed by atoms with Gasteiger partial charge in [-0.05, 0) is 38.1 Å². The molecule has 0 atom stereocenters. The van der Waals surface area contributed by atoms with Crippen LogP contribution in [0.5, 0.6) is 0 Å². The molecule has 0 spiro atoms. The molecule has 0 aliphatic heterocycles. The van der Waals surface area contributed by atoms with Crippen molar-refractivity contribution in [3.05, 3.63) is 53.5 Å². The molecule has 0 radical (unpaired) electrons. The van der Waals surface area contributed by atoms with E-state index in [0.29, 0.717) is 11.5 Å². The van der Waals surface area contributed by atoms with Gasteiger partial charge in [0.25, 0.3) is 0 Å². The predicted molar refractivity (Wildman–Crippen MR) is 85.8 cm³/mol. The van der Waals surface area contributed by atoms with Gasteiger partial charge in [0.05, 0.1) is 12.2 Å². The summed E-state index contributed by atoms with van der Waals surface area (Å²) in [5.41, 5.74) is 8.48. The Morgan fingerprint density at radius 3 is 2.75 bits per heavy atom. The molecule has 2 N–H and O–H groups in total. The van der Waals surface area contributed by atoms with Gasteiger partial charge in [-0.15, -0.1) is 0 Å². The topological polar surface area (TPSA) is 55.0 Å². The summed E-state index contributed by atoms with van der Waals surface area (Å²) in [5, 5.41) is 0. The summed E-state index contributed by atoms with van der Waals surface area (Å²) in [5.74, 6) is 0.876. The second-order valence-corrected chi connectivity index (χ2v) is 4.99. The van der Waals surface area contributed by atoms with Crippen molar-refractivity contribution in [3.63, 3.8) is 0 Å². The second-order valence-electron chi connectivity index (χ2n) is 4.55. The van der Waals surface area contributed by atoms with Gasteiger partial charge in [0.2, 0.25) is 0 Å². The summed E-state index contributed by atoms with van der Waals surface area (Å²) in [6.07, 6.45) is 1.80. The summed E-state index contributed by atoms with van der Waals surface area (Å²) >= 11 is 5.05. The maximum absolute atomic E-state index is 5.72. The first-order valence-corrected chi connectivity index (χ1v) is 6.94. The predicted octanol–water partition coefficient (Wildman–Crippen LogP) is 2.45. The zero-order valence-corrected chi connectivity index (χ0v) is 12.5. The van der Waals surface area contributed by atoms with Crippen molar-refractivity contribution in [2.45, 2.75) is 20.4 Å². The van der Waals surface area contributed by atoms with Crippen LogP contribution in [0.1, 0.15) is 23.9 Å². The van der Waals surface area contributed by atoms with E-state index in [1.54, 1.807) is 6.20 Å². The molecule has 0 amide bonds. The molecule has 20 heavy (non-hydrogen) atoms. The van der Waals surface area contributed by atoms with Crippen LogP contribution < -0.4 is 10.6 Å². The number of pyridine rings is 2. The van der Waals surface area contributed by atoms with E-state index >= 15 is 0 Å². The van der Waals surface area contributed by atoms with E-state index in [9.17, 15) is 0 Å². The van der Waals surface area contributed by atoms with Crippen LogP contribution in [0.3, 0.4) is 0 Å². The van der Waals surface area contributed by atoms with Crippen LogP contribution in [0.15, 0.2) is 36.5 Å². The molecule has 2 rings (SSSR count). The fourth-order valence-electron chi connectivity index (χ4n) is 2.00. The van der Waals surface area contributed by atoms with Gasteiger partial charge in [-0.2, -0.15) is 0 Å². The Morgan fingerprint density at radius 2 is 2.15 bits per heavy atom. The number of aromatic nitrogens is 2. The van der Waals surface area contributed by atoms with Crippen LogP contribution >= 0.6 is 12.2 Å².